The molecule has 0 aliphatic carbocycles. The predicted octanol–water partition coefficient (Wildman–Crippen LogP) is 3.93. The lowest BCUT2D eigenvalue weighted by Gasteiger charge is -2.28. The SMILES string of the molecule is COc1ccc2[nH]c(=O)c(CN(CCCN(C)C)C(=S)N[C@@H](C)c3ccccc3)cc2c1. The van der Waals surface area contributed by atoms with Gasteiger partial charge in [-0.2, -0.15) is 0 Å². The number of aromatic nitrogens is 1. The third kappa shape index (κ3) is 6.31. The van der Waals surface area contributed by atoms with Crippen LogP contribution in [-0.4, -0.2) is 54.2 Å². The minimum atomic E-state index is -0.0980. The average molecular weight is 453 g/mol. The number of H-pyrrole nitrogens is 1. The number of thiocarbonyl (C=S) groups is 1. The summed E-state index contributed by atoms with van der Waals surface area (Å²) in [5, 5.41) is 5.02. The molecule has 0 radical (unpaired) electrons. The molecule has 0 bridgehead atoms. The molecule has 0 amide bonds. The lowest BCUT2D eigenvalue weighted by atomic mass is 10.1. The van der Waals surface area contributed by atoms with Gasteiger partial charge in [0.2, 0.25) is 0 Å². The van der Waals surface area contributed by atoms with Crippen molar-refractivity contribution < 1.29 is 4.74 Å². The molecule has 2 aromatic carbocycles. The van der Waals surface area contributed by atoms with Crippen molar-refractivity contribution in [3.63, 3.8) is 0 Å². The molecule has 170 valence electrons. The maximum atomic E-state index is 12.8. The molecule has 0 unspecified atom stereocenters. The third-order valence-corrected chi connectivity index (χ3v) is 5.83. The van der Waals surface area contributed by atoms with Gasteiger partial charge in [0.25, 0.3) is 5.56 Å². The number of rotatable bonds is 9. The van der Waals surface area contributed by atoms with Crippen molar-refractivity contribution in [2.75, 3.05) is 34.3 Å². The van der Waals surface area contributed by atoms with Gasteiger partial charge < -0.3 is 24.8 Å². The van der Waals surface area contributed by atoms with Crippen LogP contribution in [0.3, 0.4) is 0 Å². The zero-order chi connectivity index (χ0) is 23.1. The fourth-order valence-corrected chi connectivity index (χ4v) is 3.94. The predicted molar refractivity (Wildman–Crippen MR) is 135 cm³/mol. The molecular weight excluding hydrogens is 420 g/mol. The Labute approximate surface area is 195 Å². The second-order valence-electron chi connectivity index (χ2n) is 8.24. The van der Waals surface area contributed by atoms with E-state index in [-0.39, 0.29) is 11.6 Å². The molecule has 0 aliphatic rings. The Hall–Kier alpha value is -2.90. The lowest BCUT2D eigenvalue weighted by molar-refractivity contribution is 0.339. The monoisotopic (exact) mass is 452 g/mol. The highest BCUT2D eigenvalue weighted by Gasteiger charge is 2.16. The van der Waals surface area contributed by atoms with E-state index in [2.05, 4.69) is 53.3 Å². The summed E-state index contributed by atoms with van der Waals surface area (Å²) in [5.74, 6) is 0.757. The topological polar surface area (TPSA) is 60.6 Å². The molecule has 3 aromatic rings. The minimum absolute atomic E-state index is 0.0687. The van der Waals surface area contributed by atoms with E-state index in [0.29, 0.717) is 17.2 Å². The van der Waals surface area contributed by atoms with Gasteiger partial charge >= 0.3 is 0 Å². The van der Waals surface area contributed by atoms with E-state index in [4.69, 9.17) is 17.0 Å². The highest BCUT2D eigenvalue weighted by Crippen LogP contribution is 2.19. The number of ether oxygens (including phenoxy) is 1. The van der Waals surface area contributed by atoms with E-state index in [1.165, 1.54) is 5.56 Å². The van der Waals surface area contributed by atoms with Gasteiger partial charge in [-0.3, -0.25) is 4.79 Å². The van der Waals surface area contributed by atoms with Crippen molar-refractivity contribution in [2.24, 2.45) is 0 Å². The molecule has 0 fully saturated rings. The molecule has 1 atom stereocenters. The second-order valence-corrected chi connectivity index (χ2v) is 8.62. The summed E-state index contributed by atoms with van der Waals surface area (Å²) in [6.45, 7) is 4.22. The maximum Gasteiger partial charge on any atom is 0.253 e. The first kappa shape index (κ1) is 23.8. The molecule has 0 saturated heterocycles. The van der Waals surface area contributed by atoms with Crippen LogP contribution in [0.4, 0.5) is 0 Å². The zero-order valence-corrected chi connectivity index (χ0v) is 20.0. The summed E-state index contributed by atoms with van der Waals surface area (Å²) in [6, 6.07) is 17.8. The van der Waals surface area contributed by atoms with Gasteiger partial charge in [-0.15, -0.1) is 0 Å². The van der Waals surface area contributed by atoms with Crippen LogP contribution in [0.5, 0.6) is 5.75 Å². The molecule has 1 aromatic heterocycles. The highest BCUT2D eigenvalue weighted by molar-refractivity contribution is 7.80. The fraction of sp³-hybridized carbons (Fsp3) is 0.360. The fourth-order valence-electron chi connectivity index (χ4n) is 3.61. The summed E-state index contributed by atoms with van der Waals surface area (Å²) in [4.78, 5) is 20.0. The lowest BCUT2D eigenvalue weighted by Crippen LogP contribution is -2.42. The highest BCUT2D eigenvalue weighted by atomic mass is 32.1. The molecule has 1 heterocycles. The molecule has 32 heavy (non-hydrogen) atoms. The Bertz CT molecular complexity index is 1100. The smallest absolute Gasteiger partial charge is 0.253 e. The molecular formula is C25H32N4O2S. The Morgan fingerprint density at radius 3 is 2.56 bits per heavy atom. The number of methoxy groups -OCH3 is 1. The molecule has 2 N–H and O–H groups in total. The number of nitrogens with one attached hydrogen (secondary N) is 2. The zero-order valence-electron chi connectivity index (χ0n) is 19.2. The van der Waals surface area contributed by atoms with Crippen LogP contribution >= 0.6 is 12.2 Å². The van der Waals surface area contributed by atoms with Crippen LogP contribution in [0.1, 0.15) is 30.5 Å². The van der Waals surface area contributed by atoms with Crippen molar-refractivity contribution in [1.82, 2.24) is 20.1 Å². The van der Waals surface area contributed by atoms with Crippen molar-refractivity contribution in [3.05, 3.63) is 76.1 Å². The number of aromatic amines is 1. The standard InChI is InChI=1S/C25H32N4O2S/c1-18(19-9-6-5-7-10-19)26-25(32)29(14-8-13-28(2)3)17-21-15-20-16-22(31-4)11-12-23(20)27-24(21)30/h5-7,9-12,15-16,18H,8,13-14,17H2,1-4H3,(H,26,32)(H,27,30)/t18-/m0/s1. The first-order valence-corrected chi connectivity index (χ1v) is 11.2. The molecule has 0 saturated carbocycles. The third-order valence-electron chi connectivity index (χ3n) is 5.45. The van der Waals surface area contributed by atoms with E-state index in [1.807, 2.05) is 42.5 Å². The normalized spacial score (nSPS) is 12.0. The number of pyridine rings is 1. The Balaban J connectivity index is 1.82. The van der Waals surface area contributed by atoms with Gasteiger partial charge in [-0.25, -0.2) is 0 Å². The van der Waals surface area contributed by atoms with Crippen molar-refractivity contribution in [2.45, 2.75) is 25.9 Å². The first-order valence-electron chi connectivity index (χ1n) is 10.8. The van der Waals surface area contributed by atoms with Crippen LogP contribution in [0.15, 0.2) is 59.4 Å². The quantitative estimate of drug-likeness (QED) is 0.480. The summed E-state index contributed by atoms with van der Waals surface area (Å²) >= 11 is 5.78. The summed E-state index contributed by atoms with van der Waals surface area (Å²) in [5.41, 5.74) is 2.53. The van der Waals surface area contributed by atoms with Crippen LogP contribution in [0.25, 0.3) is 10.9 Å². The number of nitrogens with zero attached hydrogens (tertiary/aromatic N) is 2. The van der Waals surface area contributed by atoms with E-state index in [1.54, 1.807) is 7.11 Å². The molecule has 6 nitrogen and oxygen atoms in total. The number of benzene rings is 2. The van der Waals surface area contributed by atoms with Crippen LogP contribution in [0.2, 0.25) is 0 Å². The number of hydrogen-bond donors (Lipinski definition) is 2. The van der Waals surface area contributed by atoms with Gasteiger partial charge in [0.05, 0.1) is 19.7 Å². The van der Waals surface area contributed by atoms with Crippen LogP contribution < -0.4 is 15.6 Å². The van der Waals surface area contributed by atoms with Gasteiger partial charge in [0.15, 0.2) is 5.11 Å². The van der Waals surface area contributed by atoms with Gasteiger partial charge in [0, 0.05) is 23.0 Å². The summed E-state index contributed by atoms with van der Waals surface area (Å²) in [6.07, 6.45) is 0.938. The van der Waals surface area contributed by atoms with E-state index in [0.717, 1.165) is 36.2 Å². The van der Waals surface area contributed by atoms with Crippen LogP contribution in [0, 0.1) is 0 Å². The maximum absolute atomic E-state index is 12.8. The van der Waals surface area contributed by atoms with Gasteiger partial charge in [-0.05, 0) is 76.0 Å². The van der Waals surface area contributed by atoms with E-state index in [9.17, 15) is 4.79 Å². The van der Waals surface area contributed by atoms with Gasteiger partial charge in [-0.1, -0.05) is 30.3 Å². The van der Waals surface area contributed by atoms with Crippen molar-refractivity contribution in [3.8, 4) is 5.75 Å². The molecule has 0 aliphatic heterocycles. The molecule has 7 heteroatoms. The second kappa shape index (κ2) is 11.1. The van der Waals surface area contributed by atoms with Gasteiger partial charge in [0.1, 0.15) is 5.75 Å². The summed E-state index contributed by atoms with van der Waals surface area (Å²) in [7, 11) is 5.75. The Morgan fingerprint density at radius 2 is 1.88 bits per heavy atom. The largest absolute Gasteiger partial charge is 0.497 e. The summed E-state index contributed by atoms with van der Waals surface area (Å²) < 4.78 is 5.34. The van der Waals surface area contributed by atoms with Crippen LogP contribution in [-0.2, 0) is 6.54 Å². The number of fused-ring (bicyclic) bond motifs is 1. The first-order chi connectivity index (χ1) is 15.4. The number of hydrogen-bond acceptors (Lipinski definition) is 4. The molecule has 3 rings (SSSR count). The van der Waals surface area contributed by atoms with Crippen molar-refractivity contribution in [1.29, 1.82) is 0 Å². The van der Waals surface area contributed by atoms with Crippen molar-refractivity contribution >= 4 is 28.2 Å². The average Bonchev–Trinajstić information content (AvgIpc) is 2.78. The van der Waals surface area contributed by atoms with E-state index >= 15 is 0 Å². The Kier molecular flexibility index (Phi) is 8.25. The van der Waals surface area contributed by atoms with E-state index < -0.39 is 0 Å². The minimum Gasteiger partial charge on any atom is -0.497 e. The Morgan fingerprint density at radius 1 is 1.12 bits per heavy atom. The molecule has 0 spiro atoms.